The van der Waals surface area contributed by atoms with E-state index in [0.717, 1.165) is 12.8 Å². The summed E-state index contributed by atoms with van der Waals surface area (Å²) >= 11 is 5.98. The zero-order valence-electron chi connectivity index (χ0n) is 9.33. The molecule has 1 aromatic rings. The Morgan fingerprint density at radius 3 is 2.88 bits per heavy atom. The molecular weight excluding hydrogens is 222 g/mol. The van der Waals surface area contributed by atoms with E-state index < -0.39 is 0 Å². The van der Waals surface area contributed by atoms with Crippen LogP contribution in [0.4, 0.5) is 0 Å². The van der Waals surface area contributed by atoms with Crippen LogP contribution in [0.1, 0.15) is 25.3 Å². The highest BCUT2D eigenvalue weighted by atomic mass is 35.5. The van der Waals surface area contributed by atoms with Crippen LogP contribution in [0.15, 0.2) is 18.2 Å². The SMILES string of the molecule is C#CC(CCC)NCc1c(O)cccc1Cl. The van der Waals surface area contributed by atoms with Gasteiger partial charge in [-0.3, -0.25) is 5.32 Å². The van der Waals surface area contributed by atoms with Crippen molar-refractivity contribution in [2.75, 3.05) is 0 Å². The van der Waals surface area contributed by atoms with Gasteiger partial charge < -0.3 is 5.11 Å². The molecular formula is C13H16ClNO. The maximum Gasteiger partial charge on any atom is 0.121 e. The number of halogens is 1. The van der Waals surface area contributed by atoms with E-state index in [1.165, 1.54) is 0 Å². The molecule has 0 heterocycles. The van der Waals surface area contributed by atoms with E-state index in [2.05, 4.69) is 18.2 Å². The van der Waals surface area contributed by atoms with E-state index in [1.807, 2.05) is 0 Å². The average molecular weight is 238 g/mol. The van der Waals surface area contributed by atoms with Gasteiger partial charge in [0.05, 0.1) is 6.04 Å². The lowest BCUT2D eigenvalue weighted by atomic mass is 10.1. The minimum absolute atomic E-state index is 0.0284. The molecule has 16 heavy (non-hydrogen) atoms. The van der Waals surface area contributed by atoms with Gasteiger partial charge in [-0.05, 0) is 18.6 Å². The number of nitrogens with one attached hydrogen (secondary N) is 1. The molecule has 0 bridgehead atoms. The molecule has 1 rings (SSSR count). The maximum absolute atomic E-state index is 9.63. The molecule has 0 aliphatic rings. The Balaban J connectivity index is 2.64. The van der Waals surface area contributed by atoms with Crippen molar-refractivity contribution in [1.29, 1.82) is 0 Å². The van der Waals surface area contributed by atoms with E-state index in [4.69, 9.17) is 18.0 Å². The molecule has 1 atom stereocenters. The van der Waals surface area contributed by atoms with Gasteiger partial charge in [-0.25, -0.2) is 0 Å². The Hall–Kier alpha value is -1.17. The van der Waals surface area contributed by atoms with Gasteiger partial charge in [0, 0.05) is 17.1 Å². The second kappa shape index (κ2) is 6.42. The van der Waals surface area contributed by atoms with Crippen molar-refractivity contribution in [3.63, 3.8) is 0 Å². The summed E-state index contributed by atoms with van der Waals surface area (Å²) in [5, 5.41) is 13.4. The first-order chi connectivity index (χ1) is 7.69. The first-order valence-electron chi connectivity index (χ1n) is 5.35. The third kappa shape index (κ3) is 3.44. The second-order valence-electron chi connectivity index (χ2n) is 3.63. The summed E-state index contributed by atoms with van der Waals surface area (Å²) < 4.78 is 0. The lowest BCUT2D eigenvalue weighted by Crippen LogP contribution is -2.26. The molecule has 2 nitrogen and oxygen atoms in total. The molecule has 0 saturated carbocycles. The van der Waals surface area contributed by atoms with E-state index in [9.17, 15) is 5.11 Å². The predicted molar refractivity (Wildman–Crippen MR) is 67.5 cm³/mol. The fourth-order valence-electron chi connectivity index (χ4n) is 1.48. The van der Waals surface area contributed by atoms with Crippen molar-refractivity contribution >= 4 is 11.6 Å². The smallest absolute Gasteiger partial charge is 0.121 e. The van der Waals surface area contributed by atoms with Crippen LogP contribution in [0, 0.1) is 12.3 Å². The van der Waals surface area contributed by atoms with Crippen LogP contribution < -0.4 is 5.32 Å². The maximum atomic E-state index is 9.63. The van der Waals surface area contributed by atoms with Crippen LogP contribution in [0.2, 0.25) is 5.02 Å². The molecule has 3 heteroatoms. The normalized spacial score (nSPS) is 12.1. The molecule has 0 fully saturated rings. The highest BCUT2D eigenvalue weighted by Gasteiger charge is 2.08. The van der Waals surface area contributed by atoms with Crippen LogP contribution in [-0.4, -0.2) is 11.1 Å². The van der Waals surface area contributed by atoms with Crippen molar-refractivity contribution in [2.24, 2.45) is 0 Å². The molecule has 2 N–H and O–H groups in total. The Bertz CT molecular complexity index is 364. The van der Waals surface area contributed by atoms with E-state index in [0.29, 0.717) is 17.1 Å². The predicted octanol–water partition coefficient (Wildman–Crippen LogP) is 2.94. The Kier molecular flexibility index (Phi) is 5.18. The van der Waals surface area contributed by atoms with Crippen LogP contribution in [0.3, 0.4) is 0 Å². The Labute approximate surface area is 102 Å². The van der Waals surface area contributed by atoms with Gasteiger partial charge in [-0.15, -0.1) is 6.42 Å². The Morgan fingerprint density at radius 1 is 1.56 bits per heavy atom. The van der Waals surface area contributed by atoms with Gasteiger partial charge in [-0.2, -0.15) is 0 Å². The number of rotatable bonds is 5. The fourth-order valence-corrected chi connectivity index (χ4v) is 1.72. The summed E-state index contributed by atoms with van der Waals surface area (Å²) in [5.41, 5.74) is 0.695. The van der Waals surface area contributed by atoms with Gasteiger partial charge in [0.15, 0.2) is 0 Å². The minimum atomic E-state index is 0.0284. The van der Waals surface area contributed by atoms with Gasteiger partial charge in [0.2, 0.25) is 0 Å². The van der Waals surface area contributed by atoms with Crippen LogP contribution >= 0.6 is 11.6 Å². The number of phenolic OH excluding ortho intramolecular Hbond substituents is 1. The van der Waals surface area contributed by atoms with Crippen molar-refractivity contribution in [3.05, 3.63) is 28.8 Å². The van der Waals surface area contributed by atoms with Gasteiger partial charge >= 0.3 is 0 Å². The van der Waals surface area contributed by atoms with Crippen LogP contribution in [0.25, 0.3) is 0 Å². The zero-order valence-corrected chi connectivity index (χ0v) is 10.1. The van der Waals surface area contributed by atoms with Crippen LogP contribution in [-0.2, 0) is 6.54 Å². The third-order valence-electron chi connectivity index (χ3n) is 2.40. The second-order valence-corrected chi connectivity index (χ2v) is 4.03. The molecule has 86 valence electrons. The molecule has 0 radical (unpaired) electrons. The molecule has 0 aromatic heterocycles. The van der Waals surface area contributed by atoms with Crippen molar-refractivity contribution in [1.82, 2.24) is 5.32 Å². The van der Waals surface area contributed by atoms with E-state index in [-0.39, 0.29) is 11.8 Å². The highest BCUT2D eigenvalue weighted by Crippen LogP contribution is 2.24. The van der Waals surface area contributed by atoms with E-state index >= 15 is 0 Å². The average Bonchev–Trinajstić information content (AvgIpc) is 2.27. The minimum Gasteiger partial charge on any atom is -0.508 e. The standard InChI is InChI=1S/C13H16ClNO/c1-3-6-10(4-2)15-9-11-12(14)7-5-8-13(11)16/h2,5,7-8,10,15-16H,3,6,9H2,1H3. The molecule has 0 aliphatic heterocycles. The molecule has 1 aromatic carbocycles. The molecule has 0 amide bonds. The molecule has 0 aliphatic carbocycles. The van der Waals surface area contributed by atoms with Crippen LogP contribution in [0.5, 0.6) is 5.75 Å². The van der Waals surface area contributed by atoms with Crippen molar-refractivity contribution < 1.29 is 5.11 Å². The topological polar surface area (TPSA) is 32.3 Å². The summed E-state index contributed by atoms with van der Waals surface area (Å²) in [4.78, 5) is 0. The molecule has 0 spiro atoms. The molecule has 1 unspecified atom stereocenters. The third-order valence-corrected chi connectivity index (χ3v) is 2.75. The number of terminal acetylenes is 1. The van der Waals surface area contributed by atoms with Crippen molar-refractivity contribution in [3.8, 4) is 18.1 Å². The summed E-state index contributed by atoms with van der Waals surface area (Å²) in [7, 11) is 0. The number of benzene rings is 1. The first-order valence-corrected chi connectivity index (χ1v) is 5.72. The number of phenols is 1. The van der Waals surface area contributed by atoms with Gasteiger partial charge in [-0.1, -0.05) is 36.9 Å². The zero-order chi connectivity index (χ0) is 12.0. The monoisotopic (exact) mass is 237 g/mol. The number of aromatic hydroxyl groups is 1. The van der Waals surface area contributed by atoms with Gasteiger partial charge in [0.25, 0.3) is 0 Å². The molecule has 0 saturated heterocycles. The highest BCUT2D eigenvalue weighted by molar-refractivity contribution is 6.31. The number of hydrogen-bond donors (Lipinski definition) is 2. The summed E-state index contributed by atoms with van der Waals surface area (Å²) in [6.07, 6.45) is 7.33. The lowest BCUT2D eigenvalue weighted by Gasteiger charge is -2.13. The summed E-state index contributed by atoms with van der Waals surface area (Å²) in [6.45, 7) is 2.57. The Morgan fingerprint density at radius 2 is 2.31 bits per heavy atom. The summed E-state index contributed by atoms with van der Waals surface area (Å²) in [5.74, 6) is 2.88. The quantitative estimate of drug-likeness (QED) is 0.772. The largest absolute Gasteiger partial charge is 0.508 e. The van der Waals surface area contributed by atoms with Crippen molar-refractivity contribution in [2.45, 2.75) is 32.4 Å². The first kappa shape index (κ1) is 12.9. The summed E-state index contributed by atoms with van der Waals surface area (Å²) in [6, 6.07) is 5.11. The van der Waals surface area contributed by atoms with Gasteiger partial charge in [0.1, 0.15) is 5.75 Å². The van der Waals surface area contributed by atoms with E-state index in [1.54, 1.807) is 18.2 Å². The number of hydrogen-bond acceptors (Lipinski definition) is 2. The fraction of sp³-hybridized carbons (Fsp3) is 0.385. The lowest BCUT2D eigenvalue weighted by molar-refractivity contribution is 0.461.